The van der Waals surface area contributed by atoms with Gasteiger partial charge >= 0.3 is 6.18 Å². The quantitative estimate of drug-likeness (QED) is 0.898. The molecule has 0 spiro atoms. The molecule has 1 unspecified atom stereocenters. The van der Waals surface area contributed by atoms with Gasteiger partial charge in [-0.3, -0.25) is 0 Å². The molecule has 0 fully saturated rings. The Hall–Kier alpha value is -1.89. The van der Waals surface area contributed by atoms with Crippen molar-refractivity contribution in [2.45, 2.75) is 19.1 Å². The van der Waals surface area contributed by atoms with Gasteiger partial charge in [0.1, 0.15) is 0 Å². The SMILES string of the molecule is CC(N)c1nc(-c2ccccc2C(F)(F)F)no1. The summed E-state index contributed by atoms with van der Waals surface area (Å²) in [5.74, 6) is -0.0165. The van der Waals surface area contributed by atoms with Crippen LogP contribution in [0.1, 0.15) is 24.4 Å². The molecule has 0 saturated carbocycles. The Morgan fingerprint density at radius 1 is 1.28 bits per heavy atom. The molecule has 0 aliphatic carbocycles. The van der Waals surface area contributed by atoms with Gasteiger partial charge in [-0.2, -0.15) is 18.2 Å². The number of hydrogen-bond acceptors (Lipinski definition) is 4. The summed E-state index contributed by atoms with van der Waals surface area (Å²) in [6.07, 6.45) is -4.47. The number of aromatic nitrogens is 2. The van der Waals surface area contributed by atoms with Gasteiger partial charge in [-0.05, 0) is 13.0 Å². The highest BCUT2D eigenvalue weighted by molar-refractivity contribution is 5.60. The summed E-state index contributed by atoms with van der Waals surface area (Å²) >= 11 is 0. The first-order valence-electron chi connectivity index (χ1n) is 5.15. The normalized spacial score (nSPS) is 13.6. The van der Waals surface area contributed by atoms with E-state index in [1.807, 2.05) is 0 Å². The maximum Gasteiger partial charge on any atom is 0.417 e. The van der Waals surface area contributed by atoms with E-state index in [2.05, 4.69) is 10.1 Å². The molecule has 96 valence electrons. The standard InChI is InChI=1S/C11H10F3N3O/c1-6(15)10-16-9(17-18-10)7-4-2-3-5-8(7)11(12,13)14/h2-6H,15H2,1H3. The Morgan fingerprint density at radius 3 is 2.50 bits per heavy atom. The topological polar surface area (TPSA) is 64.9 Å². The van der Waals surface area contributed by atoms with Crippen LogP contribution in [0.3, 0.4) is 0 Å². The van der Waals surface area contributed by atoms with Gasteiger partial charge in [-0.25, -0.2) is 0 Å². The first kappa shape index (κ1) is 12.6. The van der Waals surface area contributed by atoms with Crippen LogP contribution >= 0.6 is 0 Å². The van der Waals surface area contributed by atoms with Gasteiger partial charge in [0.2, 0.25) is 11.7 Å². The van der Waals surface area contributed by atoms with Crippen molar-refractivity contribution in [1.29, 1.82) is 0 Å². The van der Waals surface area contributed by atoms with Crippen LogP contribution < -0.4 is 5.73 Å². The molecule has 1 aromatic carbocycles. The van der Waals surface area contributed by atoms with E-state index in [1.54, 1.807) is 6.92 Å². The van der Waals surface area contributed by atoms with Crippen LogP contribution in [0.4, 0.5) is 13.2 Å². The van der Waals surface area contributed by atoms with Crippen LogP contribution in [-0.4, -0.2) is 10.1 Å². The Balaban J connectivity index is 2.50. The summed E-state index contributed by atoms with van der Waals surface area (Å²) in [6, 6.07) is 4.52. The predicted molar refractivity (Wildman–Crippen MR) is 57.3 cm³/mol. The molecule has 0 bridgehead atoms. The summed E-state index contributed by atoms with van der Waals surface area (Å²) < 4.78 is 43.2. The van der Waals surface area contributed by atoms with Crippen LogP contribution in [-0.2, 0) is 6.18 Å². The Kier molecular flexibility index (Phi) is 3.08. The third-order valence-electron chi connectivity index (χ3n) is 2.30. The molecule has 0 aliphatic rings. The van der Waals surface area contributed by atoms with Crippen LogP contribution in [0.25, 0.3) is 11.4 Å². The fraction of sp³-hybridized carbons (Fsp3) is 0.273. The number of benzene rings is 1. The average Bonchev–Trinajstić information content (AvgIpc) is 2.77. The third-order valence-corrected chi connectivity index (χ3v) is 2.30. The lowest BCUT2D eigenvalue weighted by Gasteiger charge is -2.09. The van der Waals surface area contributed by atoms with E-state index in [4.69, 9.17) is 10.3 Å². The lowest BCUT2D eigenvalue weighted by molar-refractivity contribution is -0.137. The molecule has 1 aromatic heterocycles. The monoisotopic (exact) mass is 257 g/mol. The molecule has 2 N–H and O–H groups in total. The second kappa shape index (κ2) is 4.41. The minimum absolute atomic E-state index is 0.0991. The fourth-order valence-corrected chi connectivity index (χ4v) is 1.45. The summed E-state index contributed by atoms with van der Waals surface area (Å²) in [7, 11) is 0. The number of nitrogens with two attached hydrogens (primary N) is 1. The van der Waals surface area contributed by atoms with Gasteiger partial charge in [0.05, 0.1) is 11.6 Å². The summed E-state index contributed by atoms with van der Waals surface area (Å²) in [5.41, 5.74) is 4.58. The Bertz CT molecular complexity index is 548. The van der Waals surface area contributed by atoms with Gasteiger partial charge < -0.3 is 10.3 Å². The number of alkyl halides is 3. The molecule has 7 heteroatoms. The summed E-state index contributed by atoms with van der Waals surface area (Å²) in [5, 5.41) is 3.52. The van der Waals surface area contributed by atoms with Crippen LogP contribution in [0.15, 0.2) is 28.8 Å². The maximum absolute atomic E-state index is 12.8. The van der Waals surface area contributed by atoms with Crippen molar-refractivity contribution in [3.63, 3.8) is 0 Å². The van der Waals surface area contributed by atoms with Crippen LogP contribution in [0, 0.1) is 0 Å². The maximum atomic E-state index is 12.8. The van der Waals surface area contributed by atoms with Crippen LogP contribution in [0.5, 0.6) is 0 Å². The summed E-state index contributed by atoms with van der Waals surface area (Å²) in [4.78, 5) is 3.85. The first-order valence-corrected chi connectivity index (χ1v) is 5.15. The molecule has 1 heterocycles. The van der Waals surface area contributed by atoms with E-state index in [0.717, 1.165) is 6.07 Å². The lowest BCUT2D eigenvalue weighted by atomic mass is 10.1. The molecule has 1 atom stereocenters. The highest BCUT2D eigenvalue weighted by Crippen LogP contribution is 2.35. The van der Waals surface area contributed by atoms with E-state index in [-0.39, 0.29) is 17.3 Å². The minimum atomic E-state index is -4.47. The molecule has 0 amide bonds. The third kappa shape index (κ3) is 2.35. The molecular weight excluding hydrogens is 247 g/mol. The molecule has 0 radical (unpaired) electrons. The largest absolute Gasteiger partial charge is 0.417 e. The number of hydrogen-bond donors (Lipinski definition) is 1. The zero-order valence-corrected chi connectivity index (χ0v) is 9.40. The molecule has 2 aromatic rings. The summed E-state index contributed by atoms with van der Waals surface area (Å²) in [6.45, 7) is 1.60. The molecule has 18 heavy (non-hydrogen) atoms. The van der Waals surface area contributed by atoms with Gasteiger partial charge in [0.15, 0.2) is 0 Å². The van der Waals surface area contributed by atoms with Gasteiger partial charge in [-0.1, -0.05) is 23.4 Å². The van der Waals surface area contributed by atoms with E-state index in [9.17, 15) is 13.2 Å². The Morgan fingerprint density at radius 2 is 1.94 bits per heavy atom. The van der Waals surface area contributed by atoms with Gasteiger partial charge in [-0.15, -0.1) is 0 Å². The number of nitrogens with zero attached hydrogens (tertiary/aromatic N) is 2. The molecular formula is C11H10F3N3O. The van der Waals surface area contributed by atoms with Gasteiger partial charge in [0.25, 0.3) is 0 Å². The van der Waals surface area contributed by atoms with E-state index in [1.165, 1.54) is 18.2 Å². The highest BCUT2D eigenvalue weighted by atomic mass is 19.4. The highest BCUT2D eigenvalue weighted by Gasteiger charge is 2.34. The average molecular weight is 257 g/mol. The zero-order valence-electron chi connectivity index (χ0n) is 9.40. The molecule has 2 rings (SSSR count). The predicted octanol–water partition coefficient (Wildman–Crippen LogP) is 2.78. The number of halogens is 3. The van der Waals surface area contributed by atoms with Crippen molar-refractivity contribution in [3.8, 4) is 11.4 Å². The lowest BCUT2D eigenvalue weighted by Crippen LogP contribution is -2.08. The molecule has 0 saturated heterocycles. The van der Waals surface area contributed by atoms with Crippen molar-refractivity contribution in [2.75, 3.05) is 0 Å². The minimum Gasteiger partial charge on any atom is -0.337 e. The second-order valence-corrected chi connectivity index (χ2v) is 3.79. The molecule has 4 nitrogen and oxygen atoms in total. The first-order chi connectivity index (χ1) is 8.39. The smallest absolute Gasteiger partial charge is 0.337 e. The van der Waals surface area contributed by atoms with Crippen LogP contribution in [0.2, 0.25) is 0 Å². The fourth-order valence-electron chi connectivity index (χ4n) is 1.45. The van der Waals surface area contributed by atoms with Crippen molar-refractivity contribution in [2.24, 2.45) is 5.73 Å². The van der Waals surface area contributed by atoms with E-state index >= 15 is 0 Å². The Labute approximate surface area is 101 Å². The van der Waals surface area contributed by atoms with Crippen molar-refractivity contribution in [1.82, 2.24) is 10.1 Å². The number of rotatable bonds is 2. The zero-order chi connectivity index (χ0) is 13.3. The second-order valence-electron chi connectivity index (χ2n) is 3.79. The van der Waals surface area contributed by atoms with E-state index in [0.29, 0.717) is 0 Å². The molecule has 0 aliphatic heterocycles. The van der Waals surface area contributed by atoms with Crippen molar-refractivity contribution < 1.29 is 17.7 Å². The van der Waals surface area contributed by atoms with Crippen molar-refractivity contribution >= 4 is 0 Å². The van der Waals surface area contributed by atoms with E-state index < -0.39 is 17.8 Å². The van der Waals surface area contributed by atoms with Gasteiger partial charge in [0, 0.05) is 5.56 Å². The van der Waals surface area contributed by atoms with Crippen molar-refractivity contribution in [3.05, 3.63) is 35.7 Å².